The lowest BCUT2D eigenvalue weighted by molar-refractivity contribution is -0.141. The number of imidazole rings is 1. The van der Waals surface area contributed by atoms with E-state index in [9.17, 15) is 14.7 Å². The van der Waals surface area contributed by atoms with E-state index in [1.54, 1.807) is 23.9 Å². The van der Waals surface area contributed by atoms with Crippen LogP contribution in [-0.2, 0) is 22.6 Å². The van der Waals surface area contributed by atoms with Crippen molar-refractivity contribution in [3.05, 3.63) is 54.1 Å². The molecule has 0 aliphatic carbocycles. The van der Waals surface area contributed by atoms with Crippen LogP contribution in [0.15, 0.2) is 42.7 Å². The molecule has 2 aromatic rings. The van der Waals surface area contributed by atoms with Crippen molar-refractivity contribution in [2.75, 3.05) is 0 Å². The number of carbonyl (C=O) groups is 2. The van der Waals surface area contributed by atoms with E-state index in [2.05, 4.69) is 10.3 Å². The maximum atomic E-state index is 11.9. The van der Waals surface area contributed by atoms with Gasteiger partial charge in [0, 0.05) is 18.8 Å². The number of carboxylic acid groups (broad SMARTS) is 1. The van der Waals surface area contributed by atoms with E-state index < -0.39 is 12.0 Å². The molecule has 6 heteroatoms. The number of hydrogen-bond donors (Lipinski definition) is 2. The number of benzene rings is 1. The fraction of sp³-hybridized carbons (Fsp3) is 0.267. The van der Waals surface area contributed by atoms with E-state index in [4.69, 9.17) is 0 Å². The Hall–Kier alpha value is -2.63. The number of aryl methyl sites for hydroxylation is 1. The average Bonchev–Trinajstić information content (AvgIpc) is 2.84. The summed E-state index contributed by atoms with van der Waals surface area (Å²) < 4.78 is 1.66. The average molecular weight is 287 g/mol. The molecule has 1 aromatic heterocycles. The first kappa shape index (κ1) is 14.8. The summed E-state index contributed by atoms with van der Waals surface area (Å²) in [5.74, 6) is -0.686. The zero-order valence-electron chi connectivity index (χ0n) is 11.7. The van der Waals surface area contributed by atoms with Crippen molar-refractivity contribution in [3.63, 3.8) is 0 Å². The van der Waals surface area contributed by atoms with Gasteiger partial charge in [0.25, 0.3) is 0 Å². The van der Waals surface area contributed by atoms with Gasteiger partial charge in [-0.05, 0) is 12.5 Å². The number of nitrogens with zero attached hydrogens (tertiary/aromatic N) is 2. The third-order valence-electron chi connectivity index (χ3n) is 3.15. The molecule has 2 N–H and O–H groups in total. The highest BCUT2D eigenvalue weighted by atomic mass is 16.4. The zero-order valence-corrected chi connectivity index (χ0v) is 11.7. The first-order valence-corrected chi connectivity index (χ1v) is 6.60. The largest absolute Gasteiger partial charge is 0.480 e. The van der Waals surface area contributed by atoms with Gasteiger partial charge in [-0.3, -0.25) is 4.79 Å². The maximum Gasteiger partial charge on any atom is 0.326 e. The molecule has 21 heavy (non-hydrogen) atoms. The number of carboxylic acids is 1. The number of amides is 1. The molecule has 0 aliphatic heterocycles. The maximum absolute atomic E-state index is 11.9. The van der Waals surface area contributed by atoms with Crippen LogP contribution in [0.4, 0.5) is 0 Å². The quantitative estimate of drug-likeness (QED) is 0.830. The van der Waals surface area contributed by atoms with Gasteiger partial charge in [0.2, 0.25) is 5.91 Å². The Kier molecular flexibility index (Phi) is 4.71. The molecule has 0 saturated heterocycles. The molecule has 1 atom stereocenters. The number of rotatable bonds is 6. The minimum Gasteiger partial charge on any atom is -0.480 e. The van der Waals surface area contributed by atoms with Gasteiger partial charge in [0.15, 0.2) is 0 Å². The summed E-state index contributed by atoms with van der Waals surface area (Å²) in [5.41, 5.74) is 0.865. The topological polar surface area (TPSA) is 84.2 Å². The van der Waals surface area contributed by atoms with E-state index in [-0.39, 0.29) is 18.9 Å². The number of carbonyl (C=O) groups excluding carboxylic acids is 1. The highest BCUT2D eigenvalue weighted by Crippen LogP contribution is 2.04. The molecule has 1 amide bonds. The van der Waals surface area contributed by atoms with Crippen molar-refractivity contribution in [1.29, 1.82) is 0 Å². The van der Waals surface area contributed by atoms with Gasteiger partial charge >= 0.3 is 5.97 Å². The lowest BCUT2D eigenvalue weighted by Gasteiger charge is -2.15. The number of aliphatic carboxylic acids is 1. The van der Waals surface area contributed by atoms with Crippen molar-refractivity contribution >= 4 is 11.9 Å². The van der Waals surface area contributed by atoms with Crippen molar-refractivity contribution in [3.8, 4) is 0 Å². The third-order valence-corrected chi connectivity index (χ3v) is 3.15. The monoisotopic (exact) mass is 287 g/mol. The minimum absolute atomic E-state index is 0.0599. The van der Waals surface area contributed by atoms with Crippen LogP contribution >= 0.6 is 0 Å². The van der Waals surface area contributed by atoms with Crippen LogP contribution in [-0.4, -0.2) is 32.6 Å². The molecule has 1 heterocycles. The van der Waals surface area contributed by atoms with Crippen LogP contribution in [0.1, 0.15) is 11.4 Å². The van der Waals surface area contributed by atoms with Gasteiger partial charge in [0.05, 0.1) is 0 Å². The van der Waals surface area contributed by atoms with E-state index in [1.165, 1.54) is 0 Å². The van der Waals surface area contributed by atoms with Crippen molar-refractivity contribution in [2.24, 2.45) is 0 Å². The van der Waals surface area contributed by atoms with Gasteiger partial charge < -0.3 is 15.0 Å². The smallest absolute Gasteiger partial charge is 0.326 e. The summed E-state index contributed by atoms with van der Waals surface area (Å²) in [6.07, 6.45) is 3.54. The molecule has 0 unspecified atom stereocenters. The predicted octanol–water partition coefficient (Wildman–Crippen LogP) is 1.00. The van der Waals surface area contributed by atoms with Crippen LogP contribution in [0, 0.1) is 6.92 Å². The summed E-state index contributed by atoms with van der Waals surface area (Å²) in [5, 5.41) is 11.8. The Morgan fingerprint density at radius 3 is 2.62 bits per heavy atom. The lowest BCUT2D eigenvalue weighted by atomic mass is 10.1. The normalized spacial score (nSPS) is 11.9. The van der Waals surface area contributed by atoms with Gasteiger partial charge in [-0.1, -0.05) is 30.3 Å². The van der Waals surface area contributed by atoms with E-state index in [0.29, 0.717) is 5.82 Å². The van der Waals surface area contributed by atoms with Gasteiger partial charge in [-0.2, -0.15) is 0 Å². The molecule has 0 aliphatic rings. The molecular formula is C15H17N3O3. The Labute approximate surface area is 122 Å². The van der Waals surface area contributed by atoms with Crippen molar-refractivity contribution < 1.29 is 14.7 Å². The number of nitrogens with one attached hydrogen (secondary N) is 1. The van der Waals surface area contributed by atoms with Crippen molar-refractivity contribution in [2.45, 2.75) is 25.9 Å². The van der Waals surface area contributed by atoms with E-state index in [1.807, 2.05) is 30.3 Å². The summed E-state index contributed by atoms with van der Waals surface area (Å²) in [4.78, 5) is 27.2. The van der Waals surface area contributed by atoms with Crippen LogP contribution in [0.5, 0.6) is 0 Å². The highest BCUT2D eigenvalue weighted by molar-refractivity contribution is 5.83. The lowest BCUT2D eigenvalue weighted by Crippen LogP contribution is -2.43. The molecule has 0 fully saturated rings. The van der Waals surface area contributed by atoms with Gasteiger partial charge in [-0.25, -0.2) is 9.78 Å². The summed E-state index contributed by atoms with van der Waals surface area (Å²) >= 11 is 0. The minimum atomic E-state index is -1.05. The van der Waals surface area contributed by atoms with E-state index in [0.717, 1.165) is 5.56 Å². The first-order valence-electron chi connectivity index (χ1n) is 6.60. The SMILES string of the molecule is Cc1nccn1CC(=O)N[C@@H](Cc1ccccc1)C(=O)O. The van der Waals surface area contributed by atoms with Crippen LogP contribution in [0.3, 0.4) is 0 Å². The molecule has 0 bridgehead atoms. The first-order chi connectivity index (χ1) is 10.1. The Morgan fingerprint density at radius 1 is 1.33 bits per heavy atom. The molecule has 0 saturated carbocycles. The molecule has 1 aromatic carbocycles. The highest BCUT2D eigenvalue weighted by Gasteiger charge is 2.20. The number of aromatic nitrogens is 2. The van der Waals surface area contributed by atoms with Crippen LogP contribution in [0.25, 0.3) is 0 Å². The van der Waals surface area contributed by atoms with Gasteiger partial charge in [-0.15, -0.1) is 0 Å². The molecule has 0 radical (unpaired) electrons. The summed E-state index contributed by atoms with van der Waals surface area (Å²) in [7, 11) is 0. The summed E-state index contributed by atoms with van der Waals surface area (Å²) in [6, 6.07) is 8.27. The molecule has 6 nitrogen and oxygen atoms in total. The van der Waals surface area contributed by atoms with Crippen LogP contribution in [0.2, 0.25) is 0 Å². The van der Waals surface area contributed by atoms with Crippen LogP contribution < -0.4 is 5.32 Å². The second-order valence-corrected chi connectivity index (χ2v) is 4.75. The number of hydrogen-bond acceptors (Lipinski definition) is 3. The Bertz CT molecular complexity index is 622. The Balaban J connectivity index is 1.98. The third kappa shape index (κ3) is 4.17. The fourth-order valence-electron chi connectivity index (χ4n) is 2.02. The summed E-state index contributed by atoms with van der Waals surface area (Å²) in [6.45, 7) is 1.84. The van der Waals surface area contributed by atoms with E-state index >= 15 is 0 Å². The fourth-order valence-corrected chi connectivity index (χ4v) is 2.02. The molecule has 2 rings (SSSR count). The molecule has 110 valence electrons. The van der Waals surface area contributed by atoms with Crippen molar-refractivity contribution in [1.82, 2.24) is 14.9 Å². The zero-order chi connectivity index (χ0) is 15.2. The second kappa shape index (κ2) is 6.69. The van der Waals surface area contributed by atoms with Gasteiger partial charge in [0.1, 0.15) is 18.4 Å². The molecule has 0 spiro atoms. The predicted molar refractivity (Wildman–Crippen MR) is 76.7 cm³/mol. The standard InChI is InChI=1S/C15H17N3O3/c1-11-16-7-8-18(11)10-14(19)17-13(15(20)21)9-12-5-3-2-4-6-12/h2-8,13H,9-10H2,1H3,(H,17,19)(H,20,21)/t13-/m0/s1. The molecular weight excluding hydrogens is 270 g/mol. The second-order valence-electron chi connectivity index (χ2n) is 4.75. The Morgan fingerprint density at radius 2 is 2.05 bits per heavy atom.